The summed E-state index contributed by atoms with van der Waals surface area (Å²) in [5.41, 5.74) is 9.52. The van der Waals surface area contributed by atoms with Gasteiger partial charge in [0.1, 0.15) is 6.26 Å². The van der Waals surface area contributed by atoms with Crippen molar-refractivity contribution in [3.63, 3.8) is 0 Å². The molecule has 2 aromatic rings. The van der Waals surface area contributed by atoms with E-state index in [4.69, 9.17) is 10.2 Å². The minimum absolute atomic E-state index is 0.199. The highest BCUT2D eigenvalue weighted by atomic mass is 16.3. The van der Waals surface area contributed by atoms with Crippen molar-refractivity contribution in [1.29, 1.82) is 0 Å². The maximum Gasteiger partial charge on any atom is 0.226 e. The third kappa shape index (κ3) is 2.19. The third-order valence-electron chi connectivity index (χ3n) is 4.31. The van der Waals surface area contributed by atoms with Gasteiger partial charge in [-0.05, 0) is 37.5 Å². The van der Waals surface area contributed by atoms with Crippen LogP contribution < -0.4 is 5.73 Å². The van der Waals surface area contributed by atoms with E-state index in [1.54, 1.807) is 6.26 Å². The van der Waals surface area contributed by atoms with E-state index >= 15 is 0 Å². The number of rotatable bonds is 3. The van der Waals surface area contributed by atoms with Gasteiger partial charge in [0.15, 0.2) is 0 Å². The Kier molecular flexibility index (Phi) is 3.15. The number of hydrogen-bond acceptors (Lipinski definition) is 3. The highest BCUT2D eigenvalue weighted by molar-refractivity contribution is 5.54. The molecule has 1 aromatic carbocycles. The first-order valence-electron chi connectivity index (χ1n) is 6.97. The smallest absolute Gasteiger partial charge is 0.226 e. The van der Waals surface area contributed by atoms with Gasteiger partial charge in [-0.3, -0.25) is 0 Å². The number of benzene rings is 1. The van der Waals surface area contributed by atoms with Crippen LogP contribution in [0, 0.1) is 6.92 Å². The lowest BCUT2D eigenvalue weighted by Gasteiger charge is -2.27. The normalized spacial score (nSPS) is 17.8. The molecule has 0 spiro atoms. The average molecular weight is 256 g/mol. The second-order valence-corrected chi connectivity index (χ2v) is 5.56. The van der Waals surface area contributed by atoms with Crippen LogP contribution in [0.5, 0.6) is 0 Å². The highest BCUT2D eigenvalue weighted by Gasteiger charge is 2.34. The molecule has 0 saturated heterocycles. The van der Waals surface area contributed by atoms with Crippen molar-refractivity contribution >= 4 is 0 Å². The van der Waals surface area contributed by atoms with Gasteiger partial charge in [0.2, 0.25) is 5.89 Å². The average Bonchev–Trinajstić information content (AvgIpc) is 3.08. The van der Waals surface area contributed by atoms with Gasteiger partial charge in [0, 0.05) is 17.5 Å². The maximum absolute atomic E-state index is 6.02. The van der Waals surface area contributed by atoms with E-state index in [9.17, 15) is 0 Å². The molecular formula is C16H20N2O. The zero-order valence-electron chi connectivity index (χ0n) is 11.4. The van der Waals surface area contributed by atoms with Crippen LogP contribution in [-0.4, -0.2) is 11.5 Å². The van der Waals surface area contributed by atoms with Crippen molar-refractivity contribution in [3.05, 3.63) is 41.8 Å². The summed E-state index contributed by atoms with van der Waals surface area (Å²) in [5.74, 6) is 0.692. The minimum atomic E-state index is 0.199. The number of nitrogens with two attached hydrogens (primary N) is 1. The molecule has 3 heteroatoms. The Balaban J connectivity index is 1.90. The second-order valence-electron chi connectivity index (χ2n) is 5.56. The van der Waals surface area contributed by atoms with Crippen molar-refractivity contribution in [2.45, 2.75) is 38.0 Å². The molecule has 1 aliphatic rings. The van der Waals surface area contributed by atoms with Crippen LogP contribution >= 0.6 is 0 Å². The van der Waals surface area contributed by atoms with Crippen molar-refractivity contribution in [3.8, 4) is 11.5 Å². The van der Waals surface area contributed by atoms with E-state index in [1.165, 1.54) is 31.2 Å². The highest BCUT2D eigenvalue weighted by Crippen LogP contribution is 2.40. The molecule has 100 valence electrons. The Bertz CT molecular complexity index is 550. The first-order valence-corrected chi connectivity index (χ1v) is 6.97. The first-order chi connectivity index (χ1) is 9.23. The standard InChI is InChI=1S/C16H20N2O/c1-12-10-19-15(18-12)13-4-6-14(7-5-13)16(11-17)8-2-3-9-16/h4-7,10H,2-3,8-9,11,17H2,1H3. The second kappa shape index (κ2) is 4.82. The van der Waals surface area contributed by atoms with Gasteiger partial charge >= 0.3 is 0 Å². The quantitative estimate of drug-likeness (QED) is 0.915. The fraction of sp³-hybridized carbons (Fsp3) is 0.438. The number of oxazole rings is 1. The predicted molar refractivity (Wildman–Crippen MR) is 75.9 cm³/mol. The number of aryl methyl sites for hydroxylation is 1. The molecule has 1 aliphatic carbocycles. The monoisotopic (exact) mass is 256 g/mol. The van der Waals surface area contributed by atoms with Gasteiger partial charge in [0.25, 0.3) is 0 Å². The molecule has 0 atom stereocenters. The van der Waals surface area contributed by atoms with E-state index in [1.807, 2.05) is 6.92 Å². The third-order valence-corrected chi connectivity index (χ3v) is 4.31. The van der Waals surface area contributed by atoms with Gasteiger partial charge in [-0.25, -0.2) is 4.98 Å². The summed E-state index contributed by atoms with van der Waals surface area (Å²) in [6.07, 6.45) is 6.68. The molecule has 1 fully saturated rings. The summed E-state index contributed by atoms with van der Waals surface area (Å²) in [7, 11) is 0. The fourth-order valence-electron chi connectivity index (χ4n) is 3.12. The van der Waals surface area contributed by atoms with Crippen LogP contribution in [-0.2, 0) is 5.41 Å². The van der Waals surface area contributed by atoms with Crippen LogP contribution in [0.1, 0.15) is 36.9 Å². The molecule has 19 heavy (non-hydrogen) atoms. The van der Waals surface area contributed by atoms with Gasteiger partial charge in [-0.15, -0.1) is 0 Å². The molecule has 1 saturated carbocycles. The zero-order chi connectivity index (χ0) is 13.3. The van der Waals surface area contributed by atoms with Gasteiger partial charge in [-0.1, -0.05) is 25.0 Å². The zero-order valence-corrected chi connectivity index (χ0v) is 11.4. The molecule has 0 radical (unpaired) electrons. The molecule has 0 aliphatic heterocycles. The molecule has 1 aromatic heterocycles. The Morgan fingerprint density at radius 1 is 1.21 bits per heavy atom. The Labute approximate surface area is 113 Å². The summed E-state index contributed by atoms with van der Waals surface area (Å²) in [5, 5.41) is 0. The number of aromatic nitrogens is 1. The Morgan fingerprint density at radius 3 is 2.42 bits per heavy atom. The first kappa shape index (κ1) is 12.4. The maximum atomic E-state index is 6.02. The molecule has 2 N–H and O–H groups in total. The van der Waals surface area contributed by atoms with Crippen molar-refractivity contribution in [1.82, 2.24) is 4.98 Å². The number of hydrogen-bond donors (Lipinski definition) is 1. The molecular weight excluding hydrogens is 236 g/mol. The molecule has 0 bridgehead atoms. The Morgan fingerprint density at radius 2 is 1.89 bits per heavy atom. The summed E-state index contributed by atoms with van der Waals surface area (Å²) < 4.78 is 5.43. The van der Waals surface area contributed by atoms with Gasteiger partial charge in [-0.2, -0.15) is 0 Å². The fourth-order valence-corrected chi connectivity index (χ4v) is 3.12. The van der Waals surface area contributed by atoms with Crippen LogP contribution in [0.4, 0.5) is 0 Å². The van der Waals surface area contributed by atoms with Crippen LogP contribution in [0.2, 0.25) is 0 Å². The largest absolute Gasteiger partial charge is 0.444 e. The van der Waals surface area contributed by atoms with E-state index in [2.05, 4.69) is 29.2 Å². The molecule has 0 amide bonds. The molecule has 3 rings (SSSR count). The number of nitrogens with zero attached hydrogens (tertiary/aromatic N) is 1. The van der Waals surface area contributed by atoms with Crippen molar-refractivity contribution in [2.24, 2.45) is 5.73 Å². The molecule has 0 unspecified atom stereocenters. The lowest BCUT2D eigenvalue weighted by atomic mass is 9.79. The van der Waals surface area contributed by atoms with E-state index < -0.39 is 0 Å². The van der Waals surface area contributed by atoms with E-state index in [0.29, 0.717) is 5.89 Å². The predicted octanol–water partition coefficient (Wildman–Crippen LogP) is 3.42. The summed E-state index contributed by atoms with van der Waals surface area (Å²) >= 11 is 0. The van der Waals surface area contributed by atoms with E-state index in [0.717, 1.165) is 17.8 Å². The summed E-state index contributed by atoms with van der Waals surface area (Å²) in [4.78, 5) is 4.35. The lowest BCUT2D eigenvalue weighted by Crippen LogP contribution is -2.31. The van der Waals surface area contributed by atoms with Crippen LogP contribution in [0.25, 0.3) is 11.5 Å². The molecule has 3 nitrogen and oxygen atoms in total. The van der Waals surface area contributed by atoms with Crippen molar-refractivity contribution in [2.75, 3.05) is 6.54 Å². The minimum Gasteiger partial charge on any atom is -0.444 e. The summed E-state index contributed by atoms with van der Waals surface area (Å²) in [6.45, 7) is 2.67. The molecule has 1 heterocycles. The topological polar surface area (TPSA) is 52.0 Å². The van der Waals surface area contributed by atoms with Crippen LogP contribution in [0.3, 0.4) is 0 Å². The van der Waals surface area contributed by atoms with Crippen molar-refractivity contribution < 1.29 is 4.42 Å². The summed E-state index contributed by atoms with van der Waals surface area (Å²) in [6, 6.07) is 8.56. The SMILES string of the molecule is Cc1coc(-c2ccc(C3(CN)CCCC3)cc2)n1. The van der Waals surface area contributed by atoms with Crippen LogP contribution in [0.15, 0.2) is 34.9 Å². The lowest BCUT2D eigenvalue weighted by molar-refractivity contribution is 0.453. The van der Waals surface area contributed by atoms with Gasteiger partial charge < -0.3 is 10.2 Å². The Hall–Kier alpha value is -1.61. The van der Waals surface area contributed by atoms with Gasteiger partial charge in [0.05, 0.1) is 5.69 Å². The van der Waals surface area contributed by atoms with E-state index in [-0.39, 0.29) is 5.41 Å².